The maximum Gasteiger partial charge on any atom is 0.411 e. The van der Waals surface area contributed by atoms with E-state index >= 15 is 0 Å². The van der Waals surface area contributed by atoms with Gasteiger partial charge in [0.15, 0.2) is 6.10 Å². The third-order valence-corrected chi connectivity index (χ3v) is 8.43. The number of benzene rings is 3. The van der Waals surface area contributed by atoms with Crippen molar-refractivity contribution in [1.82, 2.24) is 4.90 Å². The molecule has 0 spiro atoms. The van der Waals surface area contributed by atoms with E-state index in [1.807, 2.05) is 57.2 Å². The van der Waals surface area contributed by atoms with E-state index in [0.717, 1.165) is 43.8 Å². The van der Waals surface area contributed by atoms with E-state index in [9.17, 15) is 14.7 Å². The zero-order valence-corrected chi connectivity index (χ0v) is 23.6. The normalized spacial score (nSPS) is 16.8. The molecule has 2 atom stereocenters. The van der Waals surface area contributed by atoms with Gasteiger partial charge in [-0.05, 0) is 85.0 Å². The first-order valence-corrected chi connectivity index (χ1v) is 13.7. The Balaban J connectivity index is 1.53. The van der Waals surface area contributed by atoms with Crippen molar-refractivity contribution >= 4 is 35.0 Å². The van der Waals surface area contributed by atoms with Crippen molar-refractivity contribution in [2.24, 2.45) is 0 Å². The molecule has 1 aliphatic heterocycles. The standard InChI is InChI=1S/C31H28ClNO5S/c1-17-5-8-24(22(13-17)16-33-19(3)29(38-31(33)36)27-11-12-28(32)39-27)25-15-20(7-10-26(25)37-4)23-9-6-21(30(34)35)14-18(23)2/h5-15,19,29H,16H2,1-4H3,(H,34,35)/t19-,29-/m0/s1. The number of thiophene rings is 1. The van der Waals surface area contributed by atoms with Gasteiger partial charge in [-0.25, -0.2) is 9.59 Å². The van der Waals surface area contributed by atoms with Crippen LogP contribution >= 0.6 is 22.9 Å². The fourth-order valence-corrected chi connectivity index (χ4v) is 6.29. The van der Waals surface area contributed by atoms with Crippen LogP contribution in [0.5, 0.6) is 5.75 Å². The number of carboxylic acid groups (broad SMARTS) is 1. The summed E-state index contributed by atoms with van der Waals surface area (Å²) in [5.41, 5.74) is 6.87. The van der Waals surface area contributed by atoms with Crippen molar-refractivity contribution < 1.29 is 24.2 Å². The molecule has 0 saturated carbocycles. The van der Waals surface area contributed by atoms with Crippen molar-refractivity contribution in [3.05, 3.63) is 98.2 Å². The number of methoxy groups -OCH3 is 1. The molecule has 1 saturated heterocycles. The molecule has 6 nitrogen and oxygen atoms in total. The molecular formula is C31H28ClNO5S. The van der Waals surface area contributed by atoms with Crippen LogP contribution in [-0.2, 0) is 11.3 Å². The van der Waals surface area contributed by atoms with Gasteiger partial charge in [-0.2, -0.15) is 0 Å². The number of carbonyl (C=O) groups is 2. The average Bonchev–Trinajstić information content (AvgIpc) is 3.46. The van der Waals surface area contributed by atoms with Crippen LogP contribution < -0.4 is 4.74 Å². The molecule has 1 aromatic heterocycles. The van der Waals surface area contributed by atoms with Gasteiger partial charge in [-0.3, -0.25) is 4.90 Å². The number of aryl methyl sites for hydroxylation is 2. The molecule has 8 heteroatoms. The number of hydrogen-bond donors (Lipinski definition) is 1. The molecule has 3 aromatic carbocycles. The van der Waals surface area contributed by atoms with E-state index in [-0.39, 0.29) is 23.8 Å². The third kappa shape index (κ3) is 5.24. The first-order chi connectivity index (χ1) is 18.7. The molecule has 2 heterocycles. The third-order valence-electron chi connectivity index (χ3n) is 7.14. The number of aromatic carboxylic acids is 1. The van der Waals surface area contributed by atoms with Gasteiger partial charge in [0.1, 0.15) is 5.75 Å². The van der Waals surface area contributed by atoms with E-state index in [0.29, 0.717) is 16.6 Å². The predicted molar refractivity (Wildman–Crippen MR) is 154 cm³/mol. The number of rotatable bonds is 7. The highest BCUT2D eigenvalue weighted by Crippen LogP contribution is 2.41. The second-order valence-corrected chi connectivity index (χ2v) is 11.5. The van der Waals surface area contributed by atoms with Gasteiger partial charge in [0.05, 0.1) is 29.6 Å². The second-order valence-electron chi connectivity index (χ2n) is 9.73. The Labute approximate surface area is 236 Å². The SMILES string of the molecule is COc1ccc(-c2ccc(C(=O)O)cc2C)cc1-c1ccc(C)cc1CN1C(=O)O[C@H](c2ccc(Cl)s2)[C@@H]1C. The number of carboxylic acids is 1. The van der Waals surface area contributed by atoms with Crippen LogP contribution in [0.4, 0.5) is 4.79 Å². The Morgan fingerprint density at radius 3 is 2.46 bits per heavy atom. The minimum Gasteiger partial charge on any atom is -0.496 e. The maximum absolute atomic E-state index is 13.0. The molecule has 200 valence electrons. The van der Waals surface area contributed by atoms with Crippen LogP contribution in [0.1, 0.15) is 45.0 Å². The minimum atomic E-state index is -0.955. The monoisotopic (exact) mass is 561 g/mol. The topological polar surface area (TPSA) is 76.1 Å². The number of amides is 1. The Morgan fingerprint density at radius 1 is 1.03 bits per heavy atom. The Bertz CT molecular complexity index is 1580. The summed E-state index contributed by atoms with van der Waals surface area (Å²) in [7, 11) is 1.63. The van der Waals surface area contributed by atoms with Crippen molar-refractivity contribution in [3.63, 3.8) is 0 Å². The fourth-order valence-electron chi connectivity index (χ4n) is 5.10. The number of carbonyl (C=O) groups excluding carboxylic acids is 1. The summed E-state index contributed by atoms with van der Waals surface area (Å²) in [5, 5.41) is 9.36. The highest BCUT2D eigenvalue weighted by molar-refractivity contribution is 7.16. The van der Waals surface area contributed by atoms with Gasteiger partial charge in [0.2, 0.25) is 0 Å². The number of nitrogens with zero attached hydrogens (tertiary/aromatic N) is 1. The van der Waals surface area contributed by atoms with Crippen molar-refractivity contribution in [3.8, 4) is 28.0 Å². The Hall–Kier alpha value is -3.81. The molecule has 1 fully saturated rings. The largest absolute Gasteiger partial charge is 0.496 e. The molecule has 1 aliphatic rings. The molecule has 5 rings (SSSR count). The molecule has 0 aliphatic carbocycles. The average molecular weight is 562 g/mol. The lowest BCUT2D eigenvalue weighted by Gasteiger charge is -2.23. The van der Waals surface area contributed by atoms with E-state index in [2.05, 4.69) is 18.2 Å². The van der Waals surface area contributed by atoms with Crippen molar-refractivity contribution in [2.75, 3.05) is 7.11 Å². The van der Waals surface area contributed by atoms with Gasteiger partial charge in [-0.15, -0.1) is 11.3 Å². The molecule has 0 bridgehead atoms. The summed E-state index contributed by atoms with van der Waals surface area (Å²) in [6, 6.07) is 20.8. The van der Waals surface area contributed by atoms with Crippen LogP contribution in [0.3, 0.4) is 0 Å². The lowest BCUT2D eigenvalue weighted by atomic mass is 9.92. The number of ether oxygens (including phenoxy) is 2. The molecule has 0 unspecified atom stereocenters. The molecule has 4 aromatic rings. The van der Waals surface area contributed by atoms with Gasteiger partial charge >= 0.3 is 12.1 Å². The molecule has 1 N–H and O–H groups in total. The summed E-state index contributed by atoms with van der Waals surface area (Å²) in [4.78, 5) is 27.1. The Morgan fingerprint density at radius 2 is 1.79 bits per heavy atom. The highest BCUT2D eigenvalue weighted by atomic mass is 35.5. The number of hydrogen-bond acceptors (Lipinski definition) is 5. The van der Waals surface area contributed by atoms with E-state index in [1.165, 1.54) is 11.3 Å². The van der Waals surface area contributed by atoms with Gasteiger partial charge in [0.25, 0.3) is 0 Å². The van der Waals surface area contributed by atoms with E-state index in [1.54, 1.807) is 24.1 Å². The second kappa shape index (κ2) is 10.8. The summed E-state index contributed by atoms with van der Waals surface area (Å²) >= 11 is 7.56. The molecule has 1 amide bonds. The minimum absolute atomic E-state index is 0.177. The van der Waals surface area contributed by atoms with Crippen LogP contribution in [0.15, 0.2) is 66.7 Å². The first kappa shape index (κ1) is 26.8. The van der Waals surface area contributed by atoms with Gasteiger partial charge in [-0.1, -0.05) is 47.5 Å². The van der Waals surface area contributed by atoms with E-state index in [4.69, 9.17) is 21.1 Å². The quantitative estimate of drug-likeness (QED) is 0.246. The summed E-state index contributed by atoms with van der Waals surface area (Å²) in [6.45, 7) is 6.28. The number of cyclic esters (lactones) is 1. The first-order valence-electron chi connectivity index (χ1n) is 12.5. The molecular weight excluding hydrogens is 534 g/mol. The smallest absolute Gasteiger partial charge is 0.411 e. The maximum atomic E-state index is 13.0. The van der Waals surface area contributed by atoms with Crippen LogP contribution in [-0.4, -0.2) is 35.2 Å². The predicted octanol–water partition coefficient (Wildman–Crippen LogP) is 8.14. The van der Waals surface area contributed by atoms with Crippen LogP contribution in [0, 0.1) is 13.8 Å². The van der Waals surface area contributed by atoms with Gasteiger partial charge in [0, 0.05) is 10.4 Å². The highest BCUT2D eigenvalue weighted by Gasteiger charge is 2.40. The van der Waals surface area contributed by atoms with Crippen molar-refractivity contribution in [1.29, 1.82) is 0 Å². The molecule has 0 radical (unpaired) electrons. The van der Waals surface area contributed by atoms with Crippen molar-refractivity contribution in [2.45, 2.75) is 39.5 Å². The van der Waals surface area contributed by atoms with Gasteiger partial charge < -0.3 is 14.6 Å². The summed E-state index contributed by atoms with van der Waals surface area (Å²) in [5.74, 6) is -0.254. The van der Waals surface area contributed by atoms with E-state index < -0.39 is 5.97 Å². The van der Waals surface area contributed by atoms with Crippen LogP contribution in [0.25, 0.3) is 22.3 Å². The zero-order chi connectivity index (χ0) is 27.8. The fraction of sp³-hybridized carbons (Fsp3) is 0.226. The Kier molecular flexibility index (Phi) is 7.38. The lowest BCUT2D eigenvalue weighted by Crippen LogP contribution is -2.31. The number of halogens is 1. The zero-order valence-electron chi connectivity index (χ0n) is 22.0. The summed E-state index contributed by atoms with van der Waals surface area (Å²) < 4.78 is 12.2. The summed E-state index contributed by atoms with van der Waals surface area (Å²) in [6.07, 6.45) is -0.739. The lowest BCUT2D eigenvalue weighted by molar-refractivity contribution is 0.0696. The van der Waals surface area contributed by atoms with Crippen LogP contribution in [0.2, 0.25) is 4.34 Å². The molecule has 39 heavy (non-hydrogen) atoms.